The van der Waals surface area contributed by atoms with Gasteiger partial charge in [0.1, 0.15) is 11.6 Å². The molecule has 0 amide bonds. The number of fused-ring (bicyclic) bond motifs is 18. The van der Waals surface area contributed by atoms with Crippen molar-refractivity contribution >= 4 is 140 Å². The highest BCUT2D eigenvalue weighted by molar-refractivity contribution is 8.00. The van der Waals surface area contributed by atoms with Crippen LogP contribution >= 0.6 is 34.4 Å². The molecule has 84 heavy (non-hydrogen) atoms. The second kappa shape index (κ2) is 17.8. The van der Waals surface area contributed by atoms with Crippen molar-refractivity contribution < 1.29 is 0 Å². The summed E-state index contributed by atoms with van der Waals surface area (Å²) in [5.74, 6) is 2.46. The number of para-hydroxylation sites is 6. The van der Waals surface area contributed by atoms with Crippen molar-refractivity contribution in [2.24, 2.45) is 0 Å². The number of thioether (sulfide) groups is 1. The van der Waals surface area contributed by atoms with Gasteiger partial charge < -0.3 is 0 Å². The van der Waals surface area contributed by atoms with Gasteiger partial charge in [0.15, 0.2) is 0 Å². The van der Waals surface area contributed by atoms with Crippen LogP contribution in [0.25, 0.3) is 157 Å². The van der Waals surface area contributed by atoms with Crippen LogP contribution in [0.15, 0.2) is 266 Å². The average Bonchev–Trinajstić information content (AvgIpc) is 2.03. The fourth-order valence-electron chi connectivity index (χ4n) is 14.3. The van der Waals surface area contributed by atoms with Crippen molar-refractivity contribution in [3.8, 4) is 51.0 Å². The average molecular weight is 1120 g/mol. The maximum Gasteiger partial charge on any atom is 0.238 e. The minimum atomic E-state index is 0.330. The van der Waals surface area contributed by atoms with Crippen LogP contribution < -0.4 is 0 Å². The standard InChI is InChI=1S/C76H45N5S3/c1-7-37-62-44(19-1)50-25-13-28-53(59-34-16-31-56-47-22-4-10-40-65(47)82-73(56)59)70(50)79(62)68-43-69(80-63-38-8-2-20-45(63)51-26-14-29-54(71(51)80)60-35-17-32-57-48-23-5-11-41-66(48)83-74(57)60)78-76(77-68)81-64-39-9-3-21-46(64)52-27-15-30-55(72(52)81)61-36-18-33-58-49-24-6-12-42-67(49)84-75(58)61/h1-43,47,65H. The summed E-state index contributed by atoms with van der Waals surface area (Å²) in [6.07, 6.45) is 9.16. The first kappa shape index (κ1) is 46.7. The molecule has 5 nitrogen and oxygen atoms in total. The van der Waals surface area contributed by atoms with Crippen LogP contribution in [0.1, 0.15) is 11.5 Å². The number of hydrogen-bond acceptors (Lipinski definition) is 5. The summed E-state index contributed by atoms with van der Waals surface area (Å²) in [6.45, 7) is 0. The van der Waals surface area contributed by atoms with Gasteiger partial charge in [0.25, 0.3) is 0 Å². The lowest BCUT2D eigenvalue weighted by molar-refractivity contribution is 0.881. The molecule has 0 radical (unpaired) electrons. The van der Waals surface area contributed by atoms with Crippen LogP contribution in [-0.2, 0) is 0 Å². The van der Waals surface area contributed by atoms with Crippen molar-refractivity contribution in [3.63, 3.8) is 0 Å². The van der Waals surface area contributed by atoms with Crippen LogP contribution in [0, 0.1) is 0 Å². The molecule has 2 atom stereocenters. The Balaban J connectivity index is 0.959. The third-order valence-corrected chi connectivity index (χ3v) is 21.7. The van der Waals surface area contributed by atoms with E-state index in [4.69, 9.17) is 9.97 Å². The van der Waals surface area contributed by atoms with Gasteiger partial charge in [-0.05, 0) is 41.5 Å². The lowest BCUT2D eigenvalue weighted by atomic mass is 9.90. The Morgan fingerprint density at radius 3 is 1.25 bits per heavy atom. The van der Waals surface area contributed by atoms with Gasteiger partial charge in [-0.25, -0.2) is 0 Å². The largest absolute Gasteiger partial charge is 0.293 e. The molecule has 0 bridgehead atoms. The quantitative estimate of drug-likeness (QED) is 0.167. The fraction of sp³-hybridized carbons (Fsp3) is 0.0263. The Kier molecular flexibility index (Phi) is 9.93. The third-order valence-electron chi connectivity index (χ3n) is 17.9. The third kappa shape index (κ3) is 6.55. The molecule has 7 heterocycles. The van der Waals surface area contributed by atoms with Crippen LogP contribution in [-0.4, -0.2) is 28.9 Å². The van der Waals surface area contributed by atoms with Crippen LogP contribution in [0.5, 0.6) is 0 Å². The van der Waals surface area contributed by atoms with Crippen molar-refractivity contribution in [2.75, 3.05) is 0 Å². The smallest absolute Gasteiger partial charge is 0.238 e. The highest BCUT2D eigenvalue weighted by Crippen LogP contribution is 2.54. The number of benzene rings is 11. The van der Waals surface area contributed by atoms with Gasteiger partial charge in [-0.1, -0.05) is 224 Å². The zero-order chi connectivity index (χ0) is 54.7. The molecule has 19 rings (SSSR count). The van der Waals surface area contributed by atoms with E-state index in [-0.39, 0.29) is 0 Å². The van der Waals surface area contributed by atoms with Crippen molar-refractivity contribution in [2.45, 2.75) is 16.1 Å². The van der Waals surface area contributed by atoms with Crippen LogP contribution in [0.4, 0.5) is 0 Å². The minimum absolute atomic E-state index is 0.330. The predicted molar refractivity (Wildman–Crippen MR) is 358 cm³/mol. The normalized spacial score (nSPS) is 15.0. The lowest BCUT2D eigenvalue weighted by Gasteiger charge is -2.18. The van der Waals surface area contributed by atoms with Crippen molar-refractivity contribution in [1.29, 1.82) is 0 Å². The number of hydrogen-bond donors (Lipinski definition) is 0. The highest BCUT2D eigenvalue weighted by Gasteiger charge is 2.34. The topological polar surface area (TPSA) is 40.6 Å². The first-order valence-corrected chi connectivity index (χ1v) is 31.1. The fourth-order valence-corrected chi connectivity index (χ4v) is 18.3. The number of allylic oxidation sites excluding steroid dienone is 3. The van der Waals surface area contributed by atoms with Crippen molar-refractivity contribution in [1.82, 2.24) is 23.7 Å². The van der Waals surface area contributed by atoms with E-state index in [1.807, 2.05) is 34.4 Å². The molecule has 1 aliphatic carbocycles. The molecule has 2 unspecified atom stereocenters. The van der Waals surface area contributed by atoms with E-state index in [1.54, 1.807) is 0 Å². The number of thiophene rings is 2. The number of nitrogens with zero attached hydrogens (tertiary/aromatic N) is 5. The molecule has 0 spiro atoms. The van der Waals surface area contributed by atoms with Gasteiger partial charge >= 0.3 is 0 Å². The van der Waals surface area contributed by atoms with E-state index in [1.165, 1.54) is 89.2 Å². The Bertz CT molecular complexity index is 5510. The molecule has 8 heteroatoms. The van der Waals surface area contributed by atoms with E-state index in [0.717, 1.165) is 72.0 Å². The predicted octanol–water partition coefficient (Wildman–Crippen LogP) is 21.2. The van der Waals surface area contributed by atoms with Gasteiger partial charge in [0.05, 0.1) is 33.1 Å². The monoisotopic (exact) mass is 1120 g/mol. The number of rotatable bonds is 6. The lowest BCUT2D eigenvalue weighted by Crippen LogP contribution is -2.11. The Morgan fingerprint density at radius 2 is 0.714 bits per heavy atom. The van der Waals surface area contributed by atoms with Gasteiger partial charge in [0, 0.05) is 123 Å². The summed E-state index contributed by atoms with van der Waals surface area (Å²) in [5.41, 5.74) is 14.9. The van der Waals surface area contributed by atoms with E-state index in [2.05, 4.69) is 275 Å². The van der Waals surface area contributed by atoms with E-state index < -0.39 is 0 Å². The molecular formula is C76H45N5S3. The second-order valence-electron chi connectivity index (χ2n) is 22.2. The summed E-state index contributed by atoms with van der Waals surface area (Å²) < 4.78 is 12.3. The molecule has 0 saturated carbocycles. The Morgan fingerprint density at radius 1 is 0.321 bits per heavy atom. The molecule has 2 aliphatic rings. The highest BCUT2D eigenvalue weighted by atomic mass is 32.2. The van der Waals surface area contributed by atoms with Crippen LogP contribution in [0.3, 0.4) is 0 Å². The summed E-state index contributed by atoms with van der Waals surface area (Å²) in [4.78, 5) is 13.4. The molecule has 1 aliphatic heterocycles. The zero-order valence-electron chi connectivity index (χ0n) is 44.9. The summed E-state index contributed by atoms with van der Waals surface area (Å²) >= 11 is 5.72. The van der Waals surface area contributed by atoms with Gasteiger partial charge in [-0.15, -0.1) is 34.4 Å². The van der Waals surface area contributed by atoms with E-state index >= 15 is 0 Å². The molecule has 11 aromatic carbocycles. The van der Waals surface area contributed by atoms with Gasteiger partial charge in [0.2, 0.25) is 5.95 Å². The molecular weight excluding hydrogens is 1080 g/mol. The van der Waals surface area contributed by atoms with Gasteiger partial charge in [-0.2, -0.15) is 9.97 Å². The van der Waals surface area contributed by atoms with E-state index in [9.17, 15) is 0 Å². The molecule has 17 aromatic rings. The maximum atomic E-state index is 6.02. The molecule has 0 N–H and O–H groups in total. The SMILES string of the molecule is C1=CC2Sc3c(-c4cccc5c6ccccc6n(-c6cc(-n7c8ccccc8c8cccc(-c9cccc%10c9sc9ccccc9%10)c87)nc(-n7c8ccccc8c8cccc(-c9cccc%10c9sc9ccccc9%10)c87)n6)c45)cccc3C2C=C1. The summed E-state index contributed by atoms with van der Waals surface area (Å²) in [6, 6.07) is 87.4. The molecule has 6 aromatic heterocycles. The maximum absolute atomic E-state index is 6.02. The minimum Gasteiger partial charge on any atom is -0.293 e. The summed E-state index contributed by atoms with van der Waals surface area (Å²) in [5, 5.41) is 12.4. The Hall–Kier alpha value is -9.83. The molecule has 0 fully saturated rings. The van der Waals surface area contributed by atoms with Crippen molar-refractivity contribution in [3.05, 3.63) is 266 Å². The van der Waals surface area contributed by atoms with Crippen LogP contribution in [0.2, 0.25) is 0 Å². The molecule has 392 valence electrons. The van der Waals surface area contributed by atoms with E-state index in [0.29, 0.717) is 17.1 Å². The van der Waals surface area contributed by atoms with Gasteiger partial charge in [-0.3, -0.25) is 13.7 Å². The molecule has 0 saturated heterocycles. The summed E-state index contributed by atoms with van der Waals surface area (Å²) in [7, 11) is 0. The Labute approximate surface area is 493 Å². The second-order valence-corrected chi connectivity index (χ2v) is 25.5. The first-order chi connectivity index (χ1) is 41.7. The zero-order valence-corrected chi connectivity index (χ0v) is 47.4. The first-order valence-electron chi connectivity index (χ1n) is 28.6. The number of aromatic nitrogens is 5.